The second-order valence-electron chi connectivity index (χ2n) is 0.714. The number of alkyl halides is 3. The first kappa shape index (κ1) is 6.90. The molecule has 0 heterocycles. The number of rotatable bonds is 0. The molecule has 0 rings (SSSR count). The molecule has 44 valence electrons. The van der Waals surface area contributed by atoms with Crippen LogP contribution in [0.3, 0.4) is 0 Å². The van der Waals surface area contributed by atoms with Gasteiger partial charge in [0, 0.05) is 11.0 Å². The van der Waals surface area contributed by atoms with Gasteiger partial charge in [-0.25, -0.2) is 0 Å². The molecule has 1 unspecified atom stereocenters. The predicted molar refractivity (Wildman–Crippen MR) is 18.5 cm³/mol. The Morgan fingerprint density at radius 1 is 1.43 bits per heavy atom. The Bertz CT molecular complexity index is 87.4. The van der Waals surface area contributed by atoms with Gasteiger partial charge in [-0.2, -0.15) is 13.2 Å². The highest BCUT2D eigenvalue weighted by atomic mass is 32.2. The first-order valence-electron chi connectivity index (χ1n) is 1.14. The average Bonchev–Trinajstić information content (AvgIpc) is 1.31. The number of hydrogen-bond donors (Lipinski definition) is 0. The first-order valence-corrected chi connectivity index (χ1v) is 2.29. The highest BCUT2D eigenvalue weighted by molar-refractivity contribution is 7.87. The van der Waals surface area contributed by atoms with E-state index in [-0.39, 0.29) is 0 Å². The Balaban J connectivity index is 3.79. The van der Waals surface area contributed by atoms with Crippen LogP contribution in [0.15, 0.2) is 0 Å². The molecule has 0 amide bonds. The largest absolute Gasteiger partial charge is 0.584 e. The smallest absolute Gasteiger partial charge is 0.452 e. The molecular formula is CHF3NOS-. The van der Waals surface area contributed by atoms with E-state index in [2.05, 4.69) is 0 Å². The van der Waals surface area contributed by atoms with Crippen molar-refractivity contribution in [1.29, 1.82) is 0 Å². The quantitative estimate of drug-likeness (QED) is 0.488. The van der Waals surface area contributed by atoms with Gasteiger partial charge in [0.2, 0.25) is 0 Å². The molecule has 0 spiro atoms. The maximum Gasteiger partial charge on any atom is 0.452 e. The van der Waals surface area contributed by atoms with Crippen LogP contribution in [0.25, 0.3) is 5.14 Å². The summed E-state index contributed by atoms with van der Waals surface area (Å²) in [5.41, 5.74) is -4.86. The van der Waals surface area contributed by atoms with Gasteiger partial charge < -0.3 is 5.14 Å². The topological polar surface area (TPSA) is 40.9 Å². The summed E-state index contributed by atoms with van der Waals surface area (Å²) >= 11 is 0. The molecule has 1 N–H and O–H groups in total. The molecule has 7 heavy (non-hydrogen) atoms. The van der Waals surface area contributed by atoms with Gasteiger partial charge in [0.15, 0.2) is 0 Å². The van der Waals surface area contributed by atoms with Crippen molar-refractivity contribution < 1.29 is 17.4 Å². The first-order chi connectivity index (χ1) is 2.94. The van der Waals surface area contributed by atoms with Crippen LogP contribution in [0.4, 0.5) is 13.2 Å². The second kappa shape index (κ2) is 1.79. The summed E-state index contributed by atoms with van der Waals surface area (Å²) in [6, 6.07) is 0. The number of halogens is 3. The fourth-order valence-corrected chi connectivity index (χ4v) is 0. The zero-order valence-corrected chi connectivity index (χ0v) is 3.77. The minimum atomic E-state index is -4.86. The molecule has 2 nitrogen and oxygen atoms in total. The molecule has 0 aromatic carbocycles. The summed E-state index contributed by atoms with van der Waals surface area (Å²) in [7, 11) is -3.43. The zero-order chi connectivity index (χ0) is 6.08. The van der Waals surface area contributed by atoms with Crippen LogP contribution in [-0.4, -0.2) is 9.72 Å². The maximum absolute atomic E-state index is 10.7. The standard InChI is InChI=1S/CHF3NOS/c2-1(3,4)7(5)6/h5H/q-1. The molecule has 6 heteroatoms. The van der Waals surface area contributed by atoms with Crippen LogP contribution in [0.5, 0.6) is 0 Å². The number of nitrogens with one attached hydrogen (secondary N) is 1. The SMILES string of the molecule is [NH-]S(=O)C(F)(F)F. The molecule has 0 aromatic heterocycles. The Labute approximate surface area is 40.1 Å². The van der Waals surface area contributed by atoms with E-state index < -0.39 is 16.5 Å². The predicted octanol–water partition coefficient (Wildman–Crippen LogP) is 1.22. The van der Waals surface area contributed by atoms with Crippen molar-refractivity contribution in [2.24, 2.45) is 0 Å². The van der Waals surface area contributed by atoms with Gasteiger partial charge in [-0.05, 0) is 0 Å². The van der Waals surface area contributed by atoms with Crippen molar-refractivity contribution in [3.63, 3.8) is 0 Å². The molecule has 0 aliphatic carbocycles. The third-order valence-corrected chi connectivity index (χ3v) is 0.631. The van der Waals surface area contributed by atoms with Crippen LogP contribution in [0.1, 0.15) is 0 Å². The van der Waals surface area contributed by atoms with E-state index in [1.54, 1.807) is 0 Å². The van der Waals surface area contributed by atoms with Crippen molar-refractivity contribution in [2.45, 2.75) is 5.51 Å². The van der Waals surface area contributed by atoms with Gasteiger partial charge in [0.05, 0.1) is 0 Å². The van der Waals surface area contributed by atoms with Gasteiger partial charge in [-0.1, -0.05) is 0 Å². The van der Waals surface area contributed by atoms with Crippen molar-refractivity contribution in [3.8, 4) is 0 Å². The Hall–Kier alpha value is -0.100. The summed E-state index contributed by atoms with van der Waals surface area (Å²) in [6.07, 6.45) is 0. The summed E-state index contributed by atoms with van der Waals surface area (Å²) in [5, 5.41) is 5.58. The molecule has 0 aliphatic heterocycles. The van der Waals surface area contributed by atoms with Crippen molar-refractivity contribution >= 4 is 11.0 Å². The van der Waals surface area contributed by atoms with E-state index >= 15 is 0 Å². The fraction of sp³-hybridized carbons (Fsp3) is 1.00. The van der Waals surface area contributed by atoms with Gasteiger partial charge in [0.25, 0.3) is 0 Å². The lowest BCUT2D eigenvalue weighted by Crippen LogP contribution is -2.10. The lowest BCUT2D eigenvalue weighted by molar-refractivity contribution is -0.0374. The molecule has 0 aromatic rings. The monoisotopic (exact) mass is 132 g/mol. The van der Waals surface area contributed by atoms with Crippen LogP contribution in [-0.2, 0) is 11.0 Å². The second-order valence-corrected chi connectivity index (χ2v) is 1.71. The Kier molecular flexibility index (Phi) is 1.76. The molecule has 0 radical (unpaired) electrons. The van der Waals surface area contributed by atoms with Crippen molar-refractivity contribution in [3.05, 3.63) is 5.14 Å². The average molecular weight is 132 g/mol. The highest BCUT2D eigenvalue weighted by Gasteiger charge is 2.27. The normalized spacial score (nSPS) is 16.6. The summed E-state index contributed by atoms with van der Waals surface area (Å²) in [4.78, 5) is 0. The van der Waals surface area contributed by atoms with Crippen LogP contribution in [0.2, 0.25) is 0 Å². The van der Waals surface area contributed by atoms with E-state index in [1.165, 1.54) is 0 Å². The molecule has 0 saturated heterocycles. The third kappa shape index (κ3) is 2.58. The van der Waals surface area contributed by atoms with Gasteiger partial charge in [-0.3, -0.25) is 4.21 Å². The van der Waals surface area contributed by atoms with Gasteiger partial charge in [0.1, 0.15) is 0 Å². The molecular weight excluding hydrogens is 131 g/mol. The fourth-order valence-electron chi connectivity index (χ4n) is 0. The van der Waals surface area contributed by atoms with Crippen molar-refractivity contribution in [2.75, 3.05) is 0 Å². The van der Waals surface area contributed by atoms with E-state index in [0.29, 0.717) is 0 Å². The minimum Gasteiger partial charge on any atom is -0.584 e. The summed E-state index contributed by atoms with van der Waals surface area (Å²) in [5.74, 6) is 0. The maximum atomic E-state index is 10.7. The lowest BCUT2D eigenvalue weighted by Gasteiger charge is -2.04. The van der Waals surface area contributed by atoms with Crippen LogP contribution < -0.4 is 0 Å². The molecule has 0 bridgehead atoms. The summed E-state index contributed by atoms with van der Waals surface area (Å²) in [6.45, 7) is 0. The highest BCUT2D eigenvalue weighted by Crippen LogP contribution is 2.19. The Morgan fingerprint density at radius 3 is 1.57 bits per heavy atom. The van der Waals surface area contributed by atoms with E-state index in [9.17, 15) is 13.2 Å². The van der Waals surface area contributed by atoms with E-state index in [1.807, 2.05) is 0 Å². The van der Waals surface area contributed by atoms with Gasteiger partial charge >= 0.3 is 5.51 Å². The third-order valence-electron chi connectivity index (χ3n) is 0.210. The Morgan fingerprint density at radius 2 is 1.57 bits per heavy atom. The molecule has 1 atom stereocenters. The number of hydrogen-bond acceptors (Lipinski definition) is 1. The van der Waals surface area contributed by atoms with Crippen LogP contribution in [0, 0.1) is 0 Å². The molecule has 0 saturated carbocycles. The zero-order valence-electron chi connectivity index (χ0n) is 2.95. The lowest BCUT2D eigenvalue weighted by atomic mass is 11.6. The van der Waals surface area contributed by atoms with E-state index in [0.717, 1.165) is 0 Å². The van der Waals surface area contributed by atoms with E-state index in [4.69, 9.17) is 9.35 Å². The molecule has 0 aliphatic rings. The van der Waals surface area contributed by atoms with Crippen LogP contribution >= 0.6 is 0 Å². The molecule has 0 fully saturated rings. The minimum absolute atomic E-state index is 3.43. The van der Waals surface area contributed by atoms with Gasteiger partial charge in [-0.15, -0.1) is 0 Å². The summed E-state index contributed by atoms with van der Waals surface area (Å²) < 4.78 is 41.2. The van der Waals surface area contributed by atoms with Crippen molar-refractivity contribution in [1.82, 2.24) is 0 Å².